The Balaban J connectivity index is 2.14. The van der Waals surface area contributed by atoms with E-state index in [0.29, 0.717) is 5.69 Å². The van der Waals surface area contributed by atoms with Gasteiger partial charge in [-0.15, -0.1) is 0 Å². The quantitative estimate of drug-likeness (QED) is 0.904. The summed E-state index contributed by atoms with van der Waals surface area (Å²) in [5, 5.41) is 3.04. The Morgan fingerprint density at radius 3 is 2.45 bits per heavy atom. The van der Waals surface area contributed by atoms with Gasteiger partial charge in [-0.1, -0.05) is 36.4 Å². The van der Waals surface area contributed by atoms with Gasteiger partial charge in [0.25, 0.3) is 5.91 Å². The smallest absolute Gasteiger partial charge is 0.270 e. The molecule has 1 atom stereocenters. The van der Waals surface area contributed by atoms with Gasteiger partial charge in [-0.2, -0.15) is 0 Å². The molecule has 0 fully saturated rings. The molecule has 1 aromatic heterocycles. The van der Waals surface area contributed by atoms with Crippen molar-refractivity contribution in [2.75, 3.05) is 20.6 Å². The monoisotopic (exact) mass is 269 g/mol. The Hall–Kier alpha value is -2.20. The van der Waals surface area contributed by atoms with Crippen LogP contribution in [0.15, 0.2) is 54.7 Å². The largest absolute Gasteiger partial charge is 0.343 e. The summed E-state index contributed by atoms with van der Waals surface area (Å²) in [7, 11) is 3.98. The normalized spacial score (nSPS) is 12.2. The molecule has 1 unspecified atom stereocenters. The summed E-state index contributed by atoms with van der Waals surface area (Å²) < 4.78 is 0. The number of hydrogen-bond donors (Lipinski definition) is 1. The molecule has 1 heterocycles. The first kappa shape index (κ1) is 14.2. The summed E-state index contributed by atoms with van der Waals surface area (Å²) >= 11 is 0. The first-order chi connectivity index (χ1) is 9.66. The second-order valence-electron chi connectivity index (χ2n) is 4.91. The van der Waals surface area contributed by atoms with Gasteiger partial charge in [0.1, 0.15) is 5.69 Å². The van der Waals surface area contributed by atoms with Crippen LogP contribution in [0.25, 0.3) is 0 Å². The highest BCUT2D eigenvalue weighted by atomic mass is 16.1. The number of likely N-dealkylation sites (N-methyl/N-ethyl adjacent to an activating group) is 1. The number of aromatic nitrogens is 1. The average molecular weight is 269 g/mol. The van der Waals surface area contributed by atoms with Crippen molar-refractivity contribution in [2.45, 2.75) is 6.04 Å². The molecule has 0 aliphatic carbocycles. The van der Waals surface area contributed by atoms with Crippen LogP contribution >= 0.6 is 0 Å². The second kappa shape index (κ2) is 6.82. The van der Waals surface area contributed by atoms with Crippen molar-refractivity contribution in [1.29, 1.82) is 0 Å². The van der Waals surface area contributed by atoms with Crippen molar-refractivity contribution >= 4 is 5.91 Å². The first-order valence-corrected chi connectivity index (χ1v) is 6.58. The molecule has 2 rings (SSSR count). The highest BCUT2D eigenvalue weighted by Crippen LogP contribution is 2.14. The summed E-state index contributed by atoms with van der Waals surface area (Å²) in [6.45, 7) is 0.739. The zero-order valence-corrected chi connectivity index (χ0v) is 11.8. The predicted octanol–water partition coefficient (Wildman–Crippen LogP) is 2.11. The van der Waals surface area contributed by atoms with Gasteiger partial charge in [-0.05, 0) is 31.8 Å². The summed E-state index contributed by atoms with van der Waals surface area (Å²) in [4.78, 5) is 18.3. The lowest BCUT2D eigenvalue weighted by molar-refractivity contribution is 0.0925. The molecule has 1 N–H and O–H groups in total. The van der Waals surface area contributed by atoms with Crippen molar-refractivity contribution in [3.63, 3.8) is 0 Å². The lowest BCUT2D eigenvalue weighted by atomic mass is 10.1. The van der Waals surface area contributed by atoms with Crippen LogP contribution in [0.2, 0.25) is 0 Å². The minimum atomic E-state index is -0.152. The van der Waals surface area contributed by atoms with Gasteiger partial charge >= 0.3 is 0 Å². The molecule has 104 valence electrons. The third kappa shape index (κ3) is 3.90. The standard InChI is InChI=1S/C16H19N3O/c1-19(2)12-15(13-8-4-3-5-9-13)18-16(20)14-10-6-7-11-17-14/h3-11,15H,12H2,1-2H3,(H,18,20). The van der Waals surface area contributed by atoms with E-state index in [4.69, 9.17) is 0 Å². The molecule has 0 saturated carbocycles. The Morgan fingerprint density at radius 1 is 1.15 bits per heavy atom. The first-order valence-electron chi connectivity index (χ1n) is 6.58. The van der Waals surface area contributed by atoms with Crippen molar-refractivity contribution in [2.24, 2.45) is 0 Å². The maximum absolute atomic E-state index is 12.2. The molecule has 0 spiro atoms. The third-order valence-electron chi connectivity index (χ3n) is 2.95. The molecule has 0 aliphatic heterocycles. The molecule has 0 saturated heterocycles. The summed E-state index contributed by atoms with van der Waals surface area (Å²) in [6, 6.07) is 15.2. The number of carbonyl (C=O) groups excluding carboxylic acids is 1. The Morgan fingerprint density at radius 2 is 1.85 bits per heavy atom. The fourth-order valence-electron chi connectivity index (χ4n) is 2.01. The van der Waals surface area contributed by atoms with Gasteiger partial charge in [0.2, 0.25) is 0 Å². The minimum absolute atomic E-state index is 0.0549. The van der Waals surface area contributed by atoms with E-state index in [0.717, 1.165) is 12.1 Å². The van der Waals surface area contributed by atoms with Gasteiger partial charge in [-0.25, -0.2) is 0 Å². The van der Waals surface area contributed by atoms with Crippen LogP contribution in [0, 0.1) is 0 Å². The number of carbonyl (C=O) groups is 1. The lowest BCUT2D eigenvalue weighted by Gasteiger charge is -2.22. The highest BCUT2D eigenvalue weighted by Gasteiger charge is 2.16. The van der Waals surface area contributed by atoms with Gasteiger partial charge in [-0.3, -0.25) is 9.78 Å². The minimum Gasteiger partial charge on any atom is -0.343 e. The van der Waals surface area contributed by atoms with Gasteiger partial charge in [0.15, 0.2) is 0 Å². The molecule has 20 heavy (non-hydrogen) atoms. The molecule has 2 aromatic rings. The van der Waals surface area contributed by atoms with Crippen LogP contribution in [-0.4, -0.2) is 36.4 Å². The van der Waals surface area contributed by atoms with Gasteiger partial charge in [0.05, 0.1) is 6.04 Å². The highest BCUT2D eigenvalue weighted by molar-refractivity contribution is 5.92. The Labute approximate surface area is 119 Å². The summed E-state index contributed by atoms with van der Waals surface area (Å²) in [5.41, 5.74) is 1.53. The van der Waals surface area contributed by atoms with Gasteiger partial charge in [0, 0.05) is 12.7 Å². The second-order valence-corrected chi connectivity index (χ2v) is 4.91. The zero-order chi connectivity index (χ0) is 14.4. The van der Waals surface area contributed by atoms with E-state index in [1.807, 2.05) is 50.5 Å². The number of pyridine rings is 1. The van der Waals surface area contributed by atoms with E-state index in [1.165, 1.54) is 0 Å². The third-order valence-corrected chi connectivity index (χ3v) is 2.95. The SMILES string of the molecule is CN(C)CC(NC(=O)c1ccccn1)c1ccccc1. The van der Waals surface area contributed by atoms with Crippen molar-refractivity contribution in [1.82, 2.24) is 15.2 Å². The van der Waals surface area contributed by atoms with Crippen molar-refractivity contribution < 1.29 is 4.79 Å². The number of benzene rings is 1. The molecule has 1 aromatic carbocycles. The number of hydrogen-bond acceptors (Lipinski definition) is 3. The van der Waals surface area contributed by atoms with Crippen molar-refractivity contribution in [3.05, 3.63) is 66.0 Å². The molecular weight excluding hydrogens is 250 g/mol. The number of amides is 1. The zero-order valence-electron chi connectivity index (χ0n) is 11.8. The van der Waals surface area contributed by atoms with E-state index in [9.17, 15) is 4.79 Å². The molecule has 4 nitrogen and oxygen atoms in total. The van der Waals surface area contributed by atoms with E-state index in [1.54, 1.807) is 18.3 Å². The number of nitrogens with one attached hydrogen (secondary N) is 1. The van der Waals surface area contributed by atoms with E-state index in [-0.39, 0.29) is 11.9 Å². The van der Waals surface area contributed by atoms with Crippen LogP contribution in [-0.2, 0) is 0 Å². The van der Waals surface area contributed by atoms with Crippen LogP contribution in [0.3, 0.4) is 0 Å². The molecule has 0 radical (unpaired) electrons. The molecular formula is C16H19N3O. The number of rotatable bonds is 5. The van der Waals surface area contributed by atoms with Crippen LogP contribution in [0.4, 0.5) is 0 Å². The lowest BCUT2D eigenvalue weighted by Crippen LogP contribution is -2.35. The predicted molar refractivity (Wildman–Crippen MR) is 79.4 cm³/mol. The maximum Gasteiger partial charge on any atom is 0.270 e. The molecule has 1 amide bonds. The Kier molecular flexibility index (Phi) is 4.85. The molecule has 0 aliphatic rings. The molecule has 0 bridgehead atoms. The summed E-state index contributed by atoms with van der Waals surface area (Å²) in [6.07, 6.45) is 1.62. The topological polar surface area (TPSA) is 45.2 Å². The molecule has 4 heteroatoms. The van der Waals surface area contributed by atoms with E-state index < -0.39 is 0 Å². The summed E-state index contributed by atoms with van der Waals surface area (Å²) in [5.74, 6) is -0.152. The maximum atomic E-state index is 12.2. The Bertz CT molecular complexity index is 540. The van der Waals surface area contributed by atoms with Crippen LogP contribution in [0.1, 0.15) is 22.1 Å². The van der Waals surface area contributed by atoms with E-state index >= 15 is 0 Å². The van der Waals surface area contributed by atoms with Crippen LogP contribution < -0.4 is 5.32 Å². The average Bonchev–Trinajstić information content (AvgIpc) is 2.48. The fraction of sp³-hybridized carbons (Fsp3) is 0.250. The van der Waals surface area contributed by atoms with Crippen molar-refractivity contribution in [3.8, 4) is 0 Å². The van der Waals surface area contributed by atoms with E-state index in [2.05, 4.69) is 15.2 Å². The van der Waals surface area contributed by atoms with Gasteiger partial charge < -0.3 is 10.2 Å². The fourth-order valence-corrected chi connectivity index (χ4v) is 2.01. The number of nitrogens with zero attached hydrogens (tertiary/aromatic N) is 2. The van der Waals surface area contributed by atoms with Crippen LogP contribution in [0.5, 0.6) is 0 Å².